The van der Waals surface area contributed by atoms with Gasteiger partial charge in [0.05, 0.1) is 23.7 Å². The molecule has 1 fully saturated rings. The van der Waals surface area contributed by atoms with Crippen molar-refractivity contribution in [2.45, 2.75) is 37.5 Å². The van der Waals surface area contributed by atoms with Gasteiger partial charge in [0.2, 0.25) is 12.7 Å². The Bertz CT molecular complexity index is 1540. The Labute approximate surface area is 230 Å². The van der Waals surface area contributed by atoms with Crippen LogP contribution in [0, 0.1) is 5.82 Å². The van der Waals surface area contributed by atoms with Gasteiger partial charge >= 0.3 is 15.2 Å². The lowest BCUT2D eigenvalue weighted by Crippen LogP contribution is -2.33. The topological polar surface area (TPSA) is 202 Å². The molecule has 18 heteroatoms. The Balaban J connectivity index is 1.48. The molecule has 218 valence electrons. The highest BCUT2D eigenvalue weighted by Gasteiger charge is 2.48. The molecule has 14 nitrogen and oxygen atoms in total. The Morgan fingerprint density at radius 1 is 1.23 bits per heavy atom. The molecule has 0 amide bonds. The van der Waals surface area contributed by atoms with E-state index in [1.807, 2.05) is 0 Å². The van der Waals surface area contributed by atoms with Crippen LogP contribution in [0.2, 0.25) is 5.15 Å². The number of aliphatic hydroxyl groups excluding tert-OH is 2. The average molecular weight is 624 g/mol. The van der Waals surface area contributed by atoms with E-state index in [4.69, 9.17) is 40.1 Å². The van der Waals surface area contributed by atoms with Crippen molar-refractivity contribution in [2.75, 3.05) is 24.6 Å². The number of rotatable bonds is 9. The van der Waals surface area contributed by atoms with Crippen molar-refractivity contribution in [2.24, 2.45) is 0 Å². The lowest BCUT2D eigenvalue weighted by molar-refractivity contribution is -0.0511. The van der Waals surface area contributed by atoms with Crippen LogP contribution in [0.25, 0.3) is 11.0 Å². The summed E-state index contributed by atoms with van der Waals surface area (Å²) in [4.78, 5) is 32.1. The first-order valence-electron chi connectivity index (χ1n) is 11.8. The maximum atomic E-state index is 14.4. The summed E-state index contributed by atoms with van der Waals surface area (Å²) in [6.45, 7) is 0.770. The van der Waals surface area contributed by atoms with Gasteiger partial charge in [0, 0.05) is 5.56 Å². The van der Waals surface area contributed by atoms with Crippen LogP contribution in [0.1, 0.15) is 24.8 Å². The van der Waals surface area contributed by atoms with Crippen molar-refractivity contribution >= 4 is 43.5 Å². The van der Waals surface area contributed by atoms with E-state index in [-0.39, 0.29) is 29.2 Å². The van der Waals surface area contributed by atoms with E-state index in [0.29, 0.717) is 16.6 Å². The van der Waals surface area contributed by atoms with Crippen molar-refractivity contribution in [3.8, 4) is 11.6 Å². The van der Waals surface area contributed by atoms with Crippen molar-refractivity contribution in [1.82, 2.24) is 9.55 Å². The molecule has 2 aromatic heterocycles. The highest BCUT2D eigenvalue weighted by molar-refractivity contribution is 7.70. The number of hydrogen-bond acceptors (Lipinski definition) is 10. The standard InChI is InChI=1S/C22H25ClFN3O11P2/c1-10(11-4-2-3-5-12(11)24)25-13-6-15(23)26-20-16(13)19-22(36-8-35-19)27(20)21-18(29)17(28)14(38-21)7-37-40(33,34)9-39(30,31)32/h2-6,10,14,17-18,21,28-29H,7-9H2,1H3,(H,25,26)(H,33,34)(H2,30,31,32)/t10-,14+,17+,18+,21+/m0/s1. The van der Waals surface area contributed by atoms with E-state index < -0.39 is 64.1 Å². The van der Waals surface area contributed by atoms with Crippen LogP contribution >= 0.6 is 26.8 Å². The fraction of sp³-hybridized carbons (Fsp3) is 0.409. The van der Waals surface area contributed by atoms with Crippen molar-refractivity contribution in [3.05, 3.63) is 46.9 Å². The van der Waals surface area contributed by atoms with E-state index in [2.05, 4.69) is 10.3 Å². The van der Waals surface area contributed by atoms with Crippen LogP contribution in [0.3, 0.4) is 0 Å². The normalized spacial score (nSPS) is 24.8. The number of aromatic nitrogens is 2. The van der Waals surface area contributed by atoms with E-state index in [1.54, 1.807) is 25.1 Å². The van der Waals surface area contributed by atoms with Crippen molar-refractivity contribution < 1.29 is 57.1 Å². The molecular formula is C22H25ClFN3O11P2. The van der Waals surface area contributed by atoms with Gasteiger partial charge < -0.3 is 48.9 Å². The summed E-state index contributed by atoms with van der Waals surface area (Å²) in [5, 5.41) is 25.0. The SMILES string of the molecule is C[C@H](Nc1cc(Cl)nc2c1c1c(n2[C@@H]2O[C@H](COP(=O)(O)CP(=O)(O)O)[C@@H](O)[C@H]2O)OCO1)c1ccccc1F. The Kier molecular flexibility index (Phi) is 7.92. The minimum absolute atomic E-state index is 0.0136. The molecule has 6 N–H and O–H groups in total. The number of anilines is 1. The van der Waals surface area contributed by atoms with Gasteiger partial charge in [-0.1, -0.05) is 29.8 Å². The van der Waals surface area contributed by atoms with Gasteiger partial charge in [-0.15, -0.1) is 0 Å². The summed E-state index contributed by atoms with van der Waals surface area (Å²) < 4.78 is 60.7. The van der Waals surface area contributed by atoms with Crippen LogP contribution in [0.5, 0.6) is 11.6 Å². The molecule has 40 heavy (non-hydrogen) atoms. The lowest BCUT2D eigenvalue weighted by atomic mass is 10.1. The highest BCUT2D eigenvalue weighted by Crippen LogP contribution is 2.56. The minimum Gasteiger partial charge on any atom is -0.451 e. The first-order chi connectivity index (χ1) is 18.8. The third-order valence-electron chi connectivity index (χ3n) is 6.38. The number of hydrogen-bond donors (Lipinski definition) is 6. The molecule has 5 rings (SSSR count). The van der Waals surface area contributed by atoms with Gasteiger partial charge in [-0.05, 0) is 19.1 Å². The number of ether oxygens (including phenoxy) is 3. The van der Waals surface area contributed by atoms with Crippen LogP contribution in [-0.4, -0.2) is 72.1 Å². The summed E-state index contributed by atoms with van der Waals surface area (Å²) in [7, 11) is -9.63. The second kappa shape index (κ2) is 10.8. The second-order valence-corrected chi connectivity index (χ2v) is 13.7. The van der Waals surface area contributed by atoms with Gasteiger partial charge in [-0.25, -0.2) is 9.37 Å². The molecular weight excluding hydrogens is 599 g/mol. The number of halogens is 2. The highest BCUT2D eigenvalue weighted by atomic mass is 35.5. The number of nitrogens with one attached hydrogen (secondary N) is 1. The van der Waals surface area contributed by atoms with Gasteiger partial charge in [0.25, 0.3) is 0 Å². The van der Waals surface area contributed by atoms with Gasteiger partial charge in [0.15, 0.2) is 23.5 Å². The quantitative estimate of drug-likeness (QED) is 0.150. The van der Waals surface area contributed by atoms with E-state index in [1.165, 1.54) is 16.7 Å². The first-order valence-corrected chi connectivity index (χ1v) is 15.7. The van der Waals surface area contributed by atoms with Crippen LogP contribution in [-0.2, 0) is 18.4 Å². The van der Waals surface area contributed by atoms with E-state index >= 15 is 0 Å². The third-order valence-corrected chi connectivity index (χ3v) is 10.0. The lowest BCUT2D eigenvalue weighted by Gasteiger charge is -2.20. The zero-order chi connectivity index (χ0) is 29.0. The smallest absolute Gasteiger partial charge is 0.340 e. The Morgan fingerprint density at radius 2 is 1.95 bits per heavy atom. The van der Waals surface area contributed by atoms with Gasteiger partial charge in [0.1, 0.15) is 29.3 Å². The molecule has 1 saturated heterocycles. The fourth-order valence-electron chi connectivity index (χ4n) is 4.66. The molecule has 1 aromatic carbocycles. The molecule has 0 aliphatic carbocycles. The molecule has 1 unspecified atom stereocenters. The van der Waals surface area contributed by atoms with Crippen LogP contribution < -0.4 is 14.8 Å². The monoisotopic (exact) mass is 623 g/mol. The molecule has 0 bridgehead atoms. The molecule has 0 saturated carbocycles. The second-order valence-electron chi connectivity index (χ2n) is 9.28. The molecule has 6 atom stereocenters. The maximum Gasteiger partial charge on any atom is 0.340 e. The summed E-state index contributed by atoms with van der Waals surface area (Å²) >= 11 is 6.32. The predicted octanol–water partition coefficient (Wildman–Crippen LogP) is 2.69. The van der Waals surface area contributed by atoms with Crippen LogP contribution in [0.15, 0.2) is 30.3 Å². The summed E-state index contributed by atoms with van der Waals surface area (Å²) in [5.41, 5.74) is 0.905. The third kappa shape index (κ3) is 5.72. The maximum absolute atomic E-state index is 14.4. The zero-order valence-electron chi connectivity index (χ0n) is 20.6. The predicted molar refractivity (Wildman–Crippen MR) is 138 cm³/mol. The van der Waals surface area contributed by atoms with E-state index in [0.717, 1.165) is 0 Å². The summed E-state index contributed by atoms with van der Waals surface area (Å²) in [6, 6.07) is 7.21. The summed E-state index contributed by atoms with van der Waals surface area (Å²) in [6.07, 6.45) is -6.04. The summed E-state index contributed by atoms with van der Waals surface area (Å²) in [5.74, 6) is -1.55. The first kappa shape index (κ1) is 29.2. The molecule has 0 spiro atoms. The van der Waals surface area contributed by atoms with Crippen LogP contribution in [0.4, 0.5) is 10.1 Å². The van der Waals surface area contributed by atoms with E-state index in [9.17, 15) is 28.6 Å². The number of nitrogens with zero attached hydrogens (tertiary/aromatic N) is 2. The zero-order valence-corrected chi connectivity index (χ0v) is 23.2. The molecule has 3 aromatic rings. The van der Waals surface area contributed by atoms with Crippen molar-refractivity contribution in [1.29, 1.82) is 0 Å². The van der Waals surface area contributed by atoms with Gasteiger partial charge in [-0.2, -0.15) is 0 Å². The average Bonchev–Trinajstić information content (AvgIpc) is 3.50. The molecule has 0 radical (unpaired) electrons. The largest absolute Gasteiger partial charge is 0.451 e. The fourth-order valence-corrected chi connectivity index (χ4v) is 7.41. The van der Waals surface area contributed by atoms with Crippen molar-refractivity contribution in [3.63, 3.8) is 0 Å². The number of fused-ring (bicyclic) bond motifs is 3. The number of pyridine rings is 1. The minimum atomic E-state index is -4.88. The molecule has 2 aliphatic rings. The Morgan fingerprint density at radius 3 is 2.65 bits per heavy atom. The molecule has 4 heterocycles. The van der Waals surface area contributed by atoms with Gasteiger partial charge in [-0.3, -0.25) is 13.7 Å². The Hall–Kier alpha value is -2.29. The molecule has 2 aliphatic heterocycles. The number of aliphatic hydroxyl groups is 2. The number of benzene rings is 1.